The van der Waals surface area contributed by atoms with Gasteiger partial charge in [0.25, 0.3) is 5.69 Å². The highest BCUT2D eigenvalue weighted by Crippen LogP contribution is 2.29. The van der Waals surface area contributed by atoms with Crippen LogP contribution < -0.4 is 0 Å². The van der Waals surface area contributed by atoms with Crippen LogP contribution in [0.4, 0.5) is 5.69 Å². The maximum Gasteiger partial charge on any atom is 0.271 e. The Hall–Kier alpha value is -2.17. The first kappa shape index (κ1) is 14.2. The molecular formula is C15H18N2O3. The van der Waals surface area contributed by atoms with Gasteiger partial charge in [0.2, 0.25) is 5.91 Å². The highest BCUT2D eigenvalue weighted by molar-refractivity contribution is 5.97. The van der Waals surface area contributed by atoms with Crippen molar-refractivity contribution in [1.82, 2.24) is 4.57 Å². The predicted octanol–water partition coefficient (Wildman–Crippen LogP) is 3.80. The first-order chi connectivity index (χ1) is 9.25. The fraction of sp³-hybridized carbons (Fsp3) is 0.400. The molecule has 0 amide bonds. The third-order valence-electron chi connectivity index (χ3n) is 3.32. The monoisotopic (exact) mass is 274 g/mol. The Labute approximate surface area is 117 Å². The van der Waals surface area contributed by atoms with Gasteiger partial charge in [-0.2, -0.15) is 0 Å². The highest BCUT2D eigenvalue weighted by Gasteiger charge is 2.25. The van der Waals surface area contributed by atoms with Crippen LogP contribution in [0.15, 0.2) is 24.4 Å². The zero-order valence-corrected chi connectivity index (χ0v) is 12.1. The Balaban J connectivity index is 2.73. The van der Waals surface area contributed by atoms with Gasteiger partial charge in [0.1, 0.15) is 0 Å². The number of carbonyl (C=O) groups excluding carboxylic acids is 1. The number of hydrogen-bond donors (Lipinski definition) is 0. The van der Waals surface area contributed by atoms with E-state index in [-0.39, 0.29) is 11.6 Å². The normalized spacial score (nSPS) is 11.8. The molecule has 1 aromatic carbocycles. The summed E-state index contributed by atoms with van der Waals surface area (Å²) in [5.74, 6) is -0.0669. The van der Waals surface area contributed by atoms with E-state index in [1.54, 1.807) is 16.8 Å². The first-order valence-corrected chi connectivity index (χ1v) is 6.59. The molecule has 2 rings (SSSR count). The number of non-ortho nitro benzene ring substituents is 1. The number of nitrogens with zero attached hydrogens (tertiary/aromatic N) is 2. The van der Waals surface area contributed by atoms with Gasteiger partial charge in [0.05, 0.1) is 10.4 Å². The Morgan fingerprint density at radius 2 is 2.00 bits per heavy atom. The van der Waals surface area contributed by atoms with Crippen LogP contribution in [0.25, 0.3) is 10.9 Å². The van der Waals surface area contributed by atoms with Crippen LogP contribution >= 0.6 is 0 Å². The molecule has 0 radical (unpaired) electrons. The molecule has 5 nitrogen and oxygen atoms in total. The summed E-state index contributed by atoms with van der Waals surface area (Å²) >= 11 is 0. The lowest BCUT2D eigenvalue weighted by molar-refractivity contribution is -0.384. The quantitative estimate of drug-likeness (QED) is 0.618. The smallest absolute Gasteiger partial charge is 0.271 e. The zero-order valence-electron chi connectivity index (χ0n) is 12.1. The maximum atomic E-state index is 12.5. The van der Waals surface area contributed by atoms with Crippen molar-refractivity contribution in [1.29, 1.82) is 0 Å². The van der Waals surface area contributed by atoms with Gasteiger partial charge in [0, 0.05) is 29.1 Å². The van der Waals surface area contributed by atoms with E-state index in [0.29, 0.717) is 5.52 Å². The second-order valence-corrected chi connectivity index (χ2v) is 5.89. The standard InChI is InChI=1S/C15H18N2O3/c1-5-10-9-16(14(18)15(2,3)4)13-8-11(17(19)20)6-7-12(10)13/h6-9H,5H2,1-4H3. The molecule has 0 aliphatic carbocycles. The number of rotatable bonds is 2. The molecule has 0 N–H and O–H groups in total. The van der Waals surface area contributed by atoms with Crippen LogP contribution in [0, 0.1) is 15.5 Å². The fourth-order valence-electron chi connectivity index (χ4n) is 2.21. The summed E-state index contributed by atoms with van der Waals surface area (Å²) in [6.07, 6.45) is 2.57. The summed E-state index contributed by atoms with van der Waals surface area (Å²) in [4.78, 5) is 23.0. The molecule has 0 aliphatic heterocycles. The summed E-state index contributed by atoms with van der Waals surface area (Å²) in [5, 5.41) is 11.8. The molecule has 0 fully saturated rings. The number of fused-ring (bicyclic) bond motifs is 1. The number of nitro benzene ring substituents is 1. The highest BCUT2D eigenvalue weighted by atomic mass is 16.6. The summed E-state index contributed by atoms with van der Waals surface area (Å²) in [6, 6.07) is 4.67. The van der Waals surface area contributed by atoms with E-state index in [0.717, 1.165) is 17.4 Å². The summed E-state index contributed by atoms with van der Waals surface area (Å²) in [6.45, 7) is 7.51. The van der Waals surface area contributed by atoms with E-state index in [1.807, 2.05) is 27.7 Å². The number of hydrogen-bond acceptors (Lipinski definition) is 3. The van der Waals surface area contributed by atoms with E-state index in [2.05, 4.69) is 0 Å². The molecule has 5 heteroatoms. The average Bonchev–Trinajstić information content (AvgIpc) is 2.74. The van der Waals surface area contributed by atoms with Crippen molar-refractivity contribution in [3.8, 4) is 0 Å². The molecule has 106 valence electrons. The third-order valence-corrected chi connectivity index (χ3v) is 3.32. The van der Waals surface area contributed by atoms with Gasteiger partial charge < -0.3 is 0 Å². The van der Waals surface area contributed by atoms with Crippen LogP contribution in [-0.2, 0) is 6.42 Å². The lowest BCUT2D eigenvalue weighted by atomic mass is 9.95. The molecule has 2 aromatic rings. The van der Waals surface area contributed by atoms with Crippen LogP contribution in [0.2, 0.25) is 0 Å². The van der Waals surface area contributed by atoms with Crippen molar-refractivity contribution in [3.05, 3.63) is 40.1 Å². The molecule has 0 saturated carbocycles. The van der Waals surface area contributed by atoms with Crippen molar-refractivity contribution < 1.29 is 9.72 Å². The molecule has 20 heavy (non-hydrogen) atoms. The minimum Gasteiger partial charge on any atom is -0.286 e. The van der Waals surface area contributed by atoms with Crippen LogP contribution in [-0.4, -0.2) is 15.4 Å². The van der Waals surface area contributed by atoms with E-state index < -0.39 is 10.3 Å². The second-order valence-electron chi connectivity index (χ2n) is 5.89. The molecule has 0 atom stereocenters. The zero-order chi connectivity index (χ0) is 15.1. The Morgan fingerprint density at radius 1 is 1.35 bits per heavy atom. The molecular weight excluding hydrogens is 256 g/mol. The van der Waals surface area contributed by atoms with E-state index >= 15 is 0 Å². The Kier molecular flexibility index (Phi) is 3.38. The largest absolute Gasteiger partial charge is 0.286 e. The van der Waals surface area contributed by atoms with Gasteiger partial charge >= 0.3 is 0 Å². The Bertz CT molecular complexity index is 693. The van der Waals surface area contributed by atoms with Gasteiger partial charge in [-0.3, -0.25) is 19.5 Å². The van der Waals surface area contributed by atoms with E-state index in [1.165, 1.54) is 12.1 Å². The molecule has 1 heterocycles. The first-order valence-electron chi connectivity index (χ1n) is 6.59. The predicted molar refractivity (Wildman–Crippen MR) is 78.1 cm³/mol. The average molecular weight is 274 g/mol. The van der Waals surface area contributed by atoms with Gasteiger partial charge in [-0.15, -0.1) is 0 Å². The van der Waals surface area contributed by atoms with Crippen LogP contribution in [0.5, 0.6) is 0 Å². The van der Waals surface area contributed by atoms with E-state index in [9.17, 15) is 14.9 Å². The molecule has 0 bridgehead atoms. The van der Waals surface area contributed by atoms with Crippen molar-refractivity contribution >= 4 is 22.5 Å². The van der Waals surface area contributed by atoms with Crippen molar-refractivity contribution in [2.24, 2.45) is 5.41 Å². The SMILES string of the molecule is CCc1cn(C(=O)C(C)(C)C)c2cc([N+](=O)[O-])ccc12. The topological polar surface area (TPSA) is 65.1 Å². The summed E-state index contributed by atoms with van der Waals surface area (Å²) in [7, 11) is 0. The Morgan fingerprint density at radius 3 is 2.50 bits per heavy atom. The molecule has 0 spiro atoms. The minimum atomic E-state index is -0.540. The van der Waals surface area contributed by atoms with E-state index in [4.69, 9.17) is 0 Å². The second kappa shape index (κ2) is 4.74. The van der Waals surface area contributed by atoms with Crippen molar-refractivity contribution in [3.63, 3.8) is 0 Å². The van der Waals surface area contributed by atoms with Gasteiger partial charge in [-0.25, -0.2) is 0 Å². The third kappa shape index (κ3) is 2.31. The maximum absolute atomic E-state index is 12.5. The number of carbonyl (C=O) groups is 1. The number of nitro groups is 1. The molecule has 1 aromatic heterocycles. The minimum absolute atomic E-state index is 0.00112. The molecule has 0 aliphatic rings. The van der Waals surface area contributed by atoms with Gasteiger partial charge in [-0.05, 0) is 18.1 Å². The summed E-state index contributed by atoms with van der Waals surface area (Å²) in [5.41, 5.74) is 1.09. The summed E-state index contributed by atoms with van der Waals surface area (Å²) < 4.78 is 1.54. The van der Waals surface area contributed by atoms with Crippen molar-refractivity contribution in [2.75, 3.05) is 0 Å². The molecule has 0 saturated heterocycles. The van der Waals surface area contributed by atoms with Gasteiger partial charge in [-0.1, -0.05) is 27.7 Å². The van der Waals surface area contributed by atoms with Gasteiger partial charge in [0.15, 0.2) is 0 Å². The number of benzene rings is 1. The lowest BCUT2D eigenvalue weighted by Gasteiger charge is -2.17. The lowest BCUT2D eigenvalue weighted by Crippen LogP contribution is -2.26. The van der Waals surface area contributed by atoms with Crippen molar-refractivity contribution in [2.45, 2.75) is 34.1 Å². The number of aryl methyl sites for hydroxylation is 1. The van der Waals surface area contributed by atoms with Crippen LogP contribution in [0.1, 0.15) is 38.1 Å². The number of aromatic nitrogens is 1. The fourth-order valence-corrected chi connectivity index (χ4v) is 2.21. The molecule has 0 unspecified atom stereocenters. The van der Waals surface area contributed by atoms with Crippen LogP contribution in [0.3, 0.4) is 0 Å².